The van der Waals surface area contributed by atoms with Gasteiger partial charge in [-0.25, -0.2) is 0 Å². The highest BCUT2D eigenvalue weighted by Gasteiger charge is 2.47. The summed E-state index contributed by atoms with van der Waals surface area (Å²) in [6, 6.07) is 0. The normalized spacial score (nSPS) is 37.7. The van der Waals surface area contributed by atoms with Gasteiger partial charge in [0.05, 0.1) is 6.61 Å². The van der Waals surface area contributed by atoms with Gasteiger partial charge in [-0.1, -0.05) is 0 Å². The van der Waals surface area contributed by atoms with E-state index in [2.05, 4.69) is 4.74 Å². The Morgan fingerprint density at radius 1 is 1.47 bits per heavy atom. The van der Waals surface area contributed by atoms with Gasteiger partial charge < -0.3 is 29.9 Å². The molecule has 0 aliphatic carbocycles. The Balaban J connectivity index is 2.62. The van der Waals surface area contributed by atoms with Crippen LogP contribution < -0.4 is 0 Å². The molecule has 5 atom stereocenters. The number of carbonyl (C=O) groups excluding carboxylic acids is 1. The van der Waals surface area contributed by atoms with Crippen molar-refractivity contribution in [1.29, 1.82) is 0 Å². The summed E-state index contributed by atoms with van der Waals surface area (Å²) >= 11 is 0. The lowest BCUT2D eigenvalue weighted by molar-refractivity contribution is -0.192. The van der Waals surface area contributed by atoms with Gasteiger partial charge in [-0.2, -0.15) is 0 Å². The summed E-state index contributed by atoms with van der Waals surface area (Å²) in [6.45, 7) is 0.500. The lowest BCUT2D eigenvalue weighted by atomic mass is 10.1. The summed E-state index contributed by atoms with van der Waals surface area (Å²) in [5.41, 5.74) is 0. The van der Waals surface area contributed by atoms with Crippen LogP contribution in [0.5, 0.6) is 0 Å². The first-order valence-corrected chi connectivity index (χ1v) is 4.45. The van der Waals surface area contributed by atoms with Crippen LogP contribution in [-0.4, -0.2) is 63.7 Å². The minimum Gasteiger partial charge on any atom is -0.433 e. The molecule has 0 saturated carbocycles. The van der Waals surface area contributed by atoms with Crippen LogP contribution in [0.15, 0.2) is 0 Å². The fourth-order valence-electron chi connectivity index (χ4n) is 1.35. The molecule has 0 aromatic carbocycles. The average Bonchev–Trinajstić information content (AvgIpc) is 2.44. The number of hydrogen-bond donors (Lipinski definition) is 4. The van der Waals surface area contributed by atoms with Crippen LogP contribution in [0.1, 0.15) is 6.92 Å². The second-order valence-electron chi connectivity index (χ2n) is 3.31. The molecule has 0 amide bonds. The number of aliphatic hydroxyl groups excluding tert-OH is 4. The summed E-state index contributed by atoms with van der Waals surface area (Å²) < 4.78 is 9.45. The zero-order valence-corrected chi connectivity index (χ0v) is 8.11. The van der Waals surface area contributed by atoms with Crippen molar-refractivity contribution in [1.82, 2.24) is 0 Å². The largest absolute Gasteiger partial charge is 0.433 e. The van der Waals surface area contributed by atoms with Crippen molar-refractivity contribution in [2.24, 2.45) is 0 Å². The van der Waals surface area contributed by atoms with E-state index in [1.807, 2.05) is 0 Å². The first-order chi connectivity index (χ1) is 6.97. The zero-order valence-electron chi connectivity index (χ0n) is 8.11. The molecule has 1 rings (SSSR count). The lowest BCUT2D eigenvalue weighted by Gasteiger charge is -2.18. The second-order valence-corrected chi connectivity index (χ2v) is 3.31. The Labute approximate surface area is 85.9 Å². The molecule has 1 fully saturated rings. The Bertz CT molecular complexity index is 231. The second kappa shape index (κ2) is 4.86. The van der Waals surface area contributed by atoms with E-state index in [1.165, 1.54) is 0 Å². The molecule has 88 valence electrons. The van der Waals surface area contributed by atoms with E-state index in [0.717, 1.165) is 6.92 Å². The van der Waals surface area contributed by atoms with Gasteiger partial charge in [-0.3, -0.25) is 4.79 Å². The molecule has 0 spiro atoms. The predicted molar refractivity (Wildman–Crippen MR) is 45.5 cm³/mol. The molecule has 1 heterocycles. The Hall–Kier alpha value is -0.730. The van der Waals surface area contributed by atoms with Crippen LogP contribution in [0, 0.1) is 0 Å². The molecular weight excluding hydrogens is 208 g/mol. The molecule has 4 N–H and O–H groups in total. The van der Waals surface area contributed by atoms with Crippen LogP contribution in [-0.2, 0) is 14.3 Å². The van der Waals surface area contributed by atoms with Crippen LogP contribution in [0.2, 0.25) is 0 Å². The van der Waals surface area contributed by atoms with Crippen molar-refractivity contribution < 1.29 is 34.7 Å². The number of hydrogen-bond acceptors (Lipinski definition) is 7. The van der Waals surface area contributed by atoms with Crippen molar-refractivity contribution in [2.75, 3.05) is 6.61 Å². The number of ether oxygens (including phenoxy) is 2. The SMILES string of the molecule is CC(=O)O[C@@H]1O[C@@H]([C@H](O)CO)[C@H](O)[C@H]1O. The zero-order chi connectivity index (χ0) is 11.6. The molecule has 0 aromatic rings. The molecule has 1 aliphatic rings. The minimum absolute atomic E-state index is 0.624. The van der Waals surface area contributed by atoms with Crippen LogP contribution >= 0.6 is 0 Å². The summed E-state index contributed by atoms with van der Waals surface area (Å²) in [4.78, 5) is 10.6. The van der Waals surface area contributed by atoms with Crippen molar-refractivity contribution in [3.8, 4) is 0 Å². The summed E-state index contributed by atoms with van der Waals surface area (Å²) in [5.74, 6) is -0.676. The predicted octanol–water partition coefficient (Wildman–Crippen LogP) is -2.65. The van der Waals surface area contributed by atoms with Gasteiger partial charge in [-0.05, 0) is 0 Å². The maximum Gasteiger partial charge on any atom is 0.305 e. The minimum atomic E-state index is -1.43. The van der Waals surface area contributed by atoms with E-state index < -0.39 is 43.3 Å². The van der Waals surface area contributed by atoms with Gasteiger partial charge in [0.2, 0.25) is 6.29 Å². The summed E-state index contributed by atoms with van der Waals surface area (Å²) in [7, 11) is 0. The third-order valence-electron chi connectivity index (χ3n) is 2.11. The van der Waals surface area contributed by atoms with Crippen molar-refractivity contribution >= 4 is 5.97 Å². The van der Waals surface area contributed by atoms with E-state index >= 15 is 0 Å². The first-order valence-electron chi connectivity index (χ1n) is 4.45. The van der Waals surface area contributed by atoms with Gasteiger partial charge in [0.1, 0.15) is 24.4 Å². The first kappa shape index (κ1) is 12.3. The lowest BCUT2D eigenvalue weighted by Crippen LogP contribution is -2.40. The molecule has 7 nitrogen and oxygen atoms in total. The van der Waals surface area contributed by atoms with Gasteiger partial charge in [0, 0.05) is 6.92 Å². The fourth-order valence-corrected chi connectivity index (χ4v) is 1.35. The third-order valence-corrected chi connectivity index (χ3v) is 2.11. The summed E-state index contributed by atoms with van der Waals surface area (Å²) in [5, 5.41) is 36.6. The maximum atomic E-state index is 10.6. The quantitative estimate of drug-likeness (QED) is 0.385. The molecule has 0 bridgehead atoms. The van der Waals surface area contributed by atoms with E-state index in [4.69, 9.17) is 9.84 Å². The standard InChI is InChI=1S/C8H14O7/c1-3(10)14-8-6(13)5(12)7(15-8)4(11)2-9/h4-9,11-13H,2H2,1H3/t4-,5-,6-,7+,8-/m1/s1. The number of esters is 1. The highest BCUT2D eigenvalue weighted by Crippen LogP contribution is 2.24. The Morgan fingerprint density at radius 2 is 2.07 bits per heavy atom. The van der Waals surface area contributed by atoms with Crippen LogP contribution in [0.25, 0.3) is 0 Å². The van der Waals surface area contributed by atoms with Crippen LogP contribution in [0.3, 0.4) is 0 Å². The summed E-state index contributed by atoms with van der Waals surface area (Å²) in [6.07, 6.45) is -6.66. The molecule has 0 radical (unpaired) electrons. The van der Waals surface area contributed by atoms with Crippen molar-refractivity contribution in [3.63, 3.8) is 0 Å². The fraction of sp³-hybridized carbons (Fsp3) is 0.875. The Morgan fingerprint density at radius 3 is 2.53 bits per heavy atom. The number of aliphatic hydroxyl groups is 4. The topological polar surface area (TPSA) is 116 Å². The molecule has 0 aromatic heterocycles. The molecule has 1 aliphatic heterocycles. The molecular formula is C8H14O7. The number of carbonyl (C=O) groups is 1. The smallest absolute Gasteiger partial charge is 0.305 e. The van der Waals surface area contributed by atoms with E-state index in [-0.39, 0.29) is 0 Å². The van der Waals surface area contributed by atoms with Crippen LogP contribution in [0.4, 0.5) is 0 Å². The molecule has 15 heavy (non-hydrogen) atoms. The van der Waals surface area contributed by atoms with Crippen molar-refractivity contribution in [2.45, 2.75) is 37.6 Å². The highest BCUT2D eigenvalue weighted by atomic mass is 16.7. The van der Waals surface area contributed by atoms with E-state index in [9.17, 15) is 20.1 Å². The number of rotatable bonds is 3. The van der Waals surface area contributed by atoms with Gasteiger partial charge in [0.25, 0.3) is 0 Å². The Kier molecular flexibility index (Phi) is 4.00. The third kappa shape index (κ3) is 2.64. The monoisotopic (exact) mass is 222 g/mol. The highest BCUT2D eigenvalue weighted by molar-refractivity contribution is 5.66. The molecule has 0 unspecified atom stereocenters. The van der Waals surface area contributed by atoms with E-state index in [0.29, 0.717) is 0 Å². The van der Waals surface area contributed by atoms with Gasteiger partial charge in [0.15, 0.2) is 0 Å². The molecule has 1 saturated heterocycles. The molecule has 7 heteroatoms. The van der Waals surface area contributed by atoms with Gasteiger partial charge >= 0.3 is 5.97 Å². The van der Waals surface area contributed by atoms with Gasteiger partial charge in [-0.15, -0.1) is 0 Å². The average molecular weight is 222 g/mol. The maximum absolute atomic E-state index is 10.6. The van der Waals surface area contributed by atoms with Crippen molar-refractivity contribution in [3.05, 3.63) is 0 Å². The van der Waals surface area contributed by atoms with E-state index in [1.54, 1.807) is 0 Å².